The first kappa shape index (κ1) is 9.22. The van der Waals surface area contributed by atoms with Gasteiger partial charge in [0.15, 0.2) is 0 Å². The molecule has 1 atom stereocenters. The van der Waals surface area contributed by atoms with Crippen LogP contribution in [0.3, 0.4) is 0 Å². The minimum atomic E-state index is 0.349. The number of rotatable bonds is 4. The Labute approximate surface area is 72.5 Å². The molecule has 1 rings (SSSR count). The smallest absolute Gasteiger partial charge is 0.0762 e. The second-order valence-corrected chi connectivity index (χ2v) is 3.06. The summed E-state index contributed by atoms with van der Waals surface area (Å²) < 4.78 is 0. The summed E-state index contributed by atoms with van der Waals surface area (Å²) in [5, 5.41) is 10.2. The van der Waals surface area contributed by atoms with Gasteiger partial charge in [-0.25, -0.2) is 0 Å². The van der Waals surface area contributed by atoms with E-state index in [0.717, 1.165) is 17.9 Å². The Morgan fingerprint density at radius 1 is 1.75 bits per heavy atom. The summed E-state index contributed by atoms with van der Waals surface area (Å²) in [6.45, 7) is 5.48. The zero-order valence-corrected chi connectivity index (χ0v) is 7.59. The fourth-order valence-electron chi connectivity index (χ4n) is 0.927. The van der Waals surface area contributed by atoms with Gasteiger partial charge in [-0.3, -0.25) is 5.10 Å². The highest BCUT2D eigenvalue weighted by molar-refractivity contribution is 5.06. The maximum atomic E-state index is 5.45. The lowest BCUT2D eigenvalue weighted by atomic mass is 10.3. The summed E-state index contributed by atoms with van der Waals surface area (Å²) in [6, 6.07) is 2.37. The molecule has 0 spiro atoms. The highest BCUT2D eigenvalue weighted by Gasteiger charge is 2.00. The third-order valence-corrected chi connectivity index (χ3v) is 1.74. The van der Waals surface area contributed by atoms with E-state index < -0.39 is 0 Å². The van der Waals surface area contributed by atoms with Gasteiger partial charge >= 0.3 is 0 Å². The average Bonchev–Trinajstić information content (AvgIpc) is 2.47. The molecule has 1 heterocycles. The molecule has 4 nitrogen and oxygen atoms in total. The highest BCUT2D eigenvalue weighted by atomic mass is 15.1. The van der Waals surface area contributed by atoms with Crippen LogP contribution in [0.1, 0.15) is 18.3 Å². The predicted molar refractivity (Wildman–Crippen MR) is 48.7 cm³/mol. The number of H-pyrrole nitrogens is 1. The van der Waals surface area contributed by atoms with Crippen molar-refractivity contribution in [3.8, 4) is 0 Å². The molecule has 0 aliphatic carbocycles. The number of aromatic amines is 1. The molecule has 0 aromatic carbocycles. The molecule has 4 heteroatoms. The molecule has 0 bridgehead atoms. The van der Waals surface area contributed by atoms with Crippen molar-refractivity contribution < 1.29 is 0 Å². The van der Waals surface area contributed by atoms with E-state index in [-0.39, 0.29) is 0 Å². The quantitative estimate of drug-likeness (QED) is 0.599. The third kappa shape index (κ3) is 2.64. The molecule has 0 saturated carbocycles. The number of aromatic nitrogens is 2. The molecular formula is C8H16N4. The van der Waals surface area contributed by atoms with E-state index >= 15 is 0 Å². The van der Waals surface area contributed by atoms with Crippen LogP contribution in [0, 0.1) is 6.92 Å². The lowest BCUT2D eigenvalue weighted by Gasteiger charge is -2.08. The lowest BCUT2D eigenvalue weighted by molar-refractivity contribution is 0.550. The number of aryl methyl sites for hydroxylation is 1. The minimum Gasteiger partial charge on any atom is -0.329 e. The number of nitrogens with one attached hydrogen (secondary N) is 2. The molecule has 12 heavy (non-hydrogen) atoms. The number of hydrogen-bond donors (Lipinski definition) is 3. The fraction of sp³-hybridized carbons (Fsp3) is 0.625. The zero-order valence-electron chi connectivity index (χ0n) is 7.59. The minimum absolute atomic E-state index is 0.349. The highest BCUT2D eigenvalue weighted by Crippen LogP contribution is 1.96. The van der Waals surface area contributed by atoms with E-state index in [1.807, 2.05) is 13.0 Å². The summed E-state index contributed by atoms with van der Waals surface area (Å²) in [7, 11) is 0. The average molecular weight is 168 g/mol. The molecule has 1 aromatic heterocycles. The van der Waals surface area contributed by atoms with Gasteiger partial charge in [0.05, 0.1) is 5.69 Å². The monoisotopic (exact) mass is 168 g/mol. The Bertz CT molecular complexity index is 231. The molecule has 0 aliphatic heterocycles. The van der Waals surface area contributed by atoms with Crippen LogP contribution in [0.25, 0.3) is 0 Å². The first-order chi connectivity index (χ1) is 5.72. The van der Waals surface area contributed by atoms with Crippen LogP contribution < -0.4 is 11.1 Å². The van der Waals surface area contributed by atoms with E-state index in [2.05, 4.69) is 22.4 Å². The Morgan fingerprint density at radius 2 is 2.50 bits per heavy atom. The second-order valence-electron chi connectivity index (χ2n) is 3.06. The lowest BCUT2D eigenvalue weighted by Crippen LogP contribution is -2.32. The van der Waals surface area contributed by atoms with Gasteiger partial charge in [-0.15, -0.1) is 0 Å². The van der Waals surface area contributed by atoms with E-state index in [1.54, 1.807) is 0 Å². The molecule has 0 unspecified atom stereocenters. The topological polar surface area (TPSA) is 66.7 Å². The zero-order chi connectivity index (χ0) is 8.97. The molecule has 1 aromatic rings. The van der Waals surface area contributed by atoms with Gasteiger partial charge in [0.2, 0.25) is 0 Å². The Hall–Kier alpha value is -0.870. The summed E-state index contributed by atoms with van der Waals surface area (Å²) in [5.41, 5.74) is 7.58. The summed E-state index contributed by atoms with van der Waals surface area (Å²) in [5.74, 6) is 0. The van der Waals surface area contributed by atoms with Crippen LogP contribution in [0.15, 0.2) is 6.07 Å². The summed E-state index contributed by atoms with van der Waals surface area (Å²) in [6.07, 6.45) is 0. The fourth-order valence-corrected chi connectivity index (χ4v) is 0.927. The SMILES string of the molecule is Cc1cc(CN[C@H](C)CN)n[nH]1. The van der Waals surface area contributed by atoms with E-state index in [1.165, 1.54) is 0 Å². The van der Waals surface area contributed by atoms with Crippen LogP contribution in [0.2, 0.25) is 0 Å². The van der Waals surface area contributed by atoms with Crippen LogP contribution in [0.4, 0.5) is 0 Å². The van der Waals surface area contributed by atoms with Crippen LogP contribution in [-0.4, -0.2) is 22.8 Å². The summed E-state index contributed by atoms with van der Waals surface area (Å²) >= 11 is 0. The van der Waals surface area contributed by atoms with Crippen molar-refractivity contribution in [3.63, 3.8) is 0 Å². The number of hydrogen-bond acceptors (Lipinski definition) is 3. The van der Waals surface area contributed by atoms with Crippen molar-refractivity contribution >= 4 is 0 Å². The second kappa shape index (κ2) is 4.23. The molecule has 0 fully saturated rings. The largest absolute Gasteiger partial charge is 0.329 e. The van der Waals surface area contributed by atoms with Gasteiger partial charge in [-0.1, -0.05) is 0 Å². The van der Waals surface area contributed by atoms with Crippen molar-refractivity contribution in [2.45, 2.75) is 26.4 Å². The van der Waals surface area contributed by atoms with Gasteiger partial charge in [-0.2, -0.15) is 5.10 Å². The van der Waals surface area contributed by atoms with Crippen molar-refractivity contribution in [2.75, 3.05) is 6.54 Å². The maximum Gasteiger partial charge on any atom is 0.0762 e. The molecule has 0 amide bonds. The molecule has 68 valence electrons. The molecule has 0 saturated heterocycles. The maximum absolute atomic E-state index is 5.45. The van der Waals surface area contributed by atoms with Crippen LogP contribution in [-0.2, 0) is 6.54 Å². The predicted octanol–water partition coefficient (Wildman–Crippen LogP) is 0.155. The van der Waals surface area contributed by atoms with Crippen molar-refractivity contribution in [3.05, 3.63) is 17.5 Å². The van der Waals surface area contributed by atoms with Gasteiger partial charge in [0, 0.05) is 24.8 Å². The molecular weight excluding hydrogens is 152 g/mol. The van der Waals surface area contributed by atoms with Gasteiger partial charge in [-0.05, 0) is 19.9 Å². The van der Waals surface area contributed by atoms with E-state index in [4.69, 9.17) is 5.73 Å². The van der Waals surface area contributed by atoms with Crippen molar-refractivity contribution in [2.24, 2.45) is 5.73 Å². The standard InChI is InChI=1S/C8H16N4/c1-6-3-8(12-11-6)5-10-7(2)4-9/h3,7,10H,4-5,9H2,1-2H3,(H,11,12)/t7-/m1/s1. The third-order valence-electron chi connectivity index (χ3n) is 1.74. The van der Waals surface area contributed by atoms with Gasteiger partial charge < -0.3 is 11.1 Å². The van der Waals surface area contributed by atoms with Crippen molar-refractivity contribution in [1.82, 2.24) is 15.5 Å². The first-order valence-electron chi connectivity index (χ1n) is 4.16. The van der Waals surface area contributed by atoms with Gasteiger partial charge in [0.25, 0.3) is 0 Å². The van der Waals surface area contributed by atoms with Crippen molar-refractivity contribution in [1.29, 1.82) is 0 Å². The molecule has 0 radical (unpaired) electrons. The van der Waals surface area contributed by atoms with Crippen LogP contribution in [0.5, 0.6) is 0 Å². The summed E-state index contributed by atoms with van der Waals surface area (Å²) in [4.78, 5) is 0. The number of nitrogens with two attached hydrogens (primary N) is 1. The Morgan fingerprint density at radius 3 is 3.00 bits per heavy atom. The molecule has 4 N–H and O–H groups in total. The first-order valence-corrected chi connectivity index (χ1v) is 4.16. The molecule has 0 aliphatic rings. The van der Waals surface area contributed by atoms with Crippen LogP contribution >= 0.6 is 0 Å². The van der Waals surface area contributed by atoms with E-state index in [0.29, 0.717) is 12.6 Å². The Balaban J connectivity index is 2.33. The number of nitrogens with zero attached hydrogens (tertiary/aromatic N) is 1. The Kier molecular flexibility index (Phi) is 3.25. The van der Waals surface area contributed by atoms with Gasteiger partial charge in [0.1, 0.15) is 0 Å². The normalized spacial score (nSPS) is 13.2. The van der Waals surface area contributed by atoms with E-state index in [9.17, 15) is 0 Å².